The van der Waals surface area contributed by atoms with Gasteiger partial charge in [0.1, 0.15) is 0 Å². The van der Waals surface area contributed by atoms with Crippen molar-refractivity contribution in [1.29, 1.82) is 0 Å². The number of aromatic amines is 1. The Hall–Kier alpha value is -2.11. The molecule has 24 heavy (non-hydrogen) atoms. The molecule has 0 bridgehead atoms. The van der Waals surface area contributed by atoms with E-state index in [0.717, 1.165) is 26.9 Å². The van der Waals surface area contributed by atoms with E-state index in [-0.39, 0.29) is 11.8 Å². The molecular formula is C18H13BrClN3O. The predicted molar refractivity (Wildman–Crippen MR) is 98.3 cm³/mol. The number of carbonyl (C=O) groups excluding carboxylic acids is 1. The predicted octanol–water partition coefficient (Wildman–Crippen LogP) is 4.97. The fourth-order valence-electron chi connectivity index (χ4n) is 3.07. The minimum absolute atomic E-state index is 0.0235. The number of hydrogen-bond donors (Lipinski definition) is 2. The second-order valence-electron chi connectivity index (χ2n) is 5.72. The first-order chi connectivity index (χ1) is 11.6. The molecule has 1 atom stereocenters. The molecule has 2 N–H and O–H groups in total. The number of benzene rings is 2. The van der Waals surface area contributed by atoms with Gasteiger partial charge in [-0.25, -0.2) is 0 Å². The maximum absolute atomic E-state index is 12.1. The molecule has 4 nitrogen and oxygen atoms in total. The van der Waals surface area contributed by atoms with Gasteiger partial charge in [-0.2, -0.15) is 5.10 Å². The first kappa shape index (κ1) is 15.4. The standard InChI is InChI=1S/C18H13BrClN3O/c19-12-5-1-10(2-6-12)14-9-15(24)21-18-16(14)17(22-23-18)11-3-7-13(20)8-4-11/h1-8,14H,9H2,(H2,21,22,23,24). The normalized spacial score (nSPS) is 16.6. The van der Waals surface area contributed by atoms with E-state index in [2.05, 4.69) is 31.4 Å². The lowest BCUT2D eigenvalue weighted by Crippen LogP contribution is -2.23. The van der Waals surface area contributed by atoms with E-state index in [1.165, 1.54) is 0 Å². The molecule has 2 aromatic carbocycles. The molecule has 0 saturated heterocycles. The molecule has 0 fully saturated rings. The number of halogens is 2. The van der Waals surface area contributed by atoms with Crippen molar-refractivity contribution in [3.63, 3.8) is 0 Å². The highest BCUT2D eigenvalue weighted by Crippen LogP contribution is 2.41. The van der Waals surface area contributed by atoms with E-state index in [9.17, 15) is 4.79 Å². The van der Waals surface area contributed by atoms with Gasteiger partial charge in [-0.1, -0.05) is 51.8 Å². The Morgan fingerprint density at radius 2 is 1.79 bits per heavy atom. The number of hydrogen-bond acceptors (Lipinski definition) is 2. The second kappa shape index (κ2) is 6.07. The quantitative estimate of drug-likeness (QED) is 0.636. The van der Waals surface area contributed by atoms with Crippen molar-refractivity contribution < 1.29 is 4.79 Å². The van der Waals surface area contributed by atoms with Crippen LogP contribution in [-0.4, -0.2) is 16.1 Å². The Kier molecular flexibility index (Phi) is 3.90. The lowest BCUT2D eigenvalue weighted by molar-refractivity contribution is -0.116. The third-order valence-corrected chi connectivity index (χ3v) is 4.99. The second-order valence-corrected chi connectivity index (χ2v) is 7.08. The van der Waals surface area contributed by atoms with Crippen LogP contribution in [0.3, 0.4) is 0 Å². The molecule has 1 amide bonds. The molecule has 1 aromatic heterocycles. The summed E-state index contributed by atoms with van der Waals surface area (Å²) in [5, 5.41) is 10.9. The van der Waals surface area contributed by atoms with Gasteiger partial charge in [-0.3, -0.25) is 9.89 Å². The summed E-state index contributed by atoms with van der Waals surface area (Å²) in [4.78, 5) is 12.1. The van der Waals surface area contributed by atoms with Crippen LogP contribution in [0.1, 0.15) is 23.5 Å². The van der Waals surface area contributed by atoms with Gasteiger partial charge in [0, 0.05) is 33.0 Å². The lowest BCUT2D eigenvalue weighted by Gasteiger charge is -2.23. The van der Waals surface area contributed by atoms with Gasteiger partial charge in [-0.05, 0) is 29.8 Å². The van der Waals surface area contributed by atoms with E-state index in [1.807, 2.05) is 48.5 Å². The van der Waals surface area contributed by atoms with Gasteiger partial charge in [0.25, 0.3) is 0 Å². The zero-order chi connectivity index (χ0) is 16.7. The van der Waals surface area contributed by atoms with Crippen LogP contribution in [0, 0.1) is 0 Å². The zero-order valence-corrected chi connectivity index (χ0v) is 14.9. The summed E-state index contributed by atoms with van der Waals surface area (Å²) < 4.78 is 1.01. The maximum Gasteiger partial charge on any atom is 0.226 e. The first-order valence-corrected chi connectivity index (χ1v) is 8.68. The number of H-pyrrole nitrogens is 1. The number of nitrogens with one attached hydrogen (secondary N) is 2. The van der Waals surface area contributed by atoms with E-state index in [0.29, 0.717) is 17.3 Å². The maximum atomic E-state index is 12.1. The van der Waals surface area contributed by atoms with Crippen molar-refractivity contribution in [2.45, 2.75) is 12.3 Å². The minimum atomic E-state index is -0.0359. The number of carbonyl (C=O) groups is 1. The zero-order valence-electron chi connectivity index (χ0n) is 12.5. The van der Waals surface area contributed by atoms with E-state index < -0.39 is 0 Å². The Labute approximate surface area is 152 Å². The van der Waals surface area contributed by atoms with Gasteiger partial charge >= 0.3 is 0 Å². The van der Waals surface area contributed by atoms with Crippen LogP contribution in [0.4, 0.5) is 5.82 Å². The van der Waals surface area contributed by atoms with Gasteiger partial charge in [-0.15, -0.1) is 0 Å². The fourth-order valence-corrected chi connectivity index (χ4v) is 3.46. The van der Waals surface area contributed by atoms with E-state index in [1.54, 1.807) is 0 Å². The monoisotopic (exact) mass is 401 g/mol. The summed E-state index contributed by atoms with van der Waals surface area (Å²) in [5.41, 5.74) is 4.01. The van der Waals surface area contributed by atoms with Crippen molar-refractivity contribution in [2.24, 2.45) is 0 Å². The van der Waals surface area contributed by atoms with Crippen molar-refractivity contribution in [2.75, 3.05) is 5.32 Å². The van der Waals surface area contributed by atoms with E-state index >= 15 is 0 Å². The smallest absolute Gasteiger partial charge is 0.226 e. The molecule has 0 aliphatic carbocycles. The number of rotatable bonds is 2. The molecule has 1 aliphatic rings. The molecule has 0 saturated carbocycles. The Balaban J connectivity index is 1.85. The van der Waals surface area contributed by atoms with Crippen molar-refractivity contribution in [1.82, 2.24) is 10.2 Å². The SMILES string of the molecule is O=C1CC(c2ccc(Br)cc2)c2c(n[nH]c2-c2ccc(Cl)cc2)N1. The van der Waals surface area contributed by atoms with Crippen molar-refractivity contribution in [3.8, 4) is 11.3 Å². The Morgan fingerprint density at radius 3 is 2.50 bits per heavy atom. The number of nitrogens with zero attached hydrogens (tertiary/aromatic N) is 1. The van der Waals surface area contributed by atoms with Gasteiger partial charge in [0.05, 0.1) is 5.69 Å². The Morgan fingerprint density at radius 1 is 1.08 bits per heavy atom. The van der Waals surface area contributed by atoms with Crippen LogP contribution in [0.5, 0.6) is 0 Å². The highest BCUT2D eigenvalue weighted by Gasteiger charge is 2.31. The summed E-state index contributed by atoms with van der Waals surface area (Å²) in [7, 11) is 0. The summed E-state index contributed by atoms with van der Waals surface area (Å²) >= 11 is 9.44. The van der Waals surface area contributed by atoms with Crippen LogP contribution < -0.4 is 5.32 Å². The van der Waals surface area contributed by atoms with Crippen LogP contribution >= 0.6 is 27.5 Å². The molecule has 0 radical (unpaired) electrons. The van der Waals surface area contributed by atoms with Crippen molar-refractivity contribution >= 4 is 39.3 Å². The lowest BCUT2D eigenvalue weighted by atomic mass is 9.84. The summed E-state index contributed by atoms with van der Waals surface area (Å²) in [6, 6.07) is 15.6. The summed E-state index contributed by atoms with van der Waals surface area (Å²) in [6.45, 7) is 0. The largest absolute Gasteiger partial charge is 0.309 e. The van der Waals surface area contributed by atoms with E-state index in [4.69, 9.17) is 11.6 Å². The molecule has 2 heterocycles. The average Bonchev–Trinajstić information content (AvgIpc) is 2.99. The van der Waals surface area contributed by atoms with Gasteiger partial charge < -0.3 is 5.32 Å². The molecule has 1 aliphatic heterocycles. The number of anilines is 1. The molecular weight excluding hydrogens is 390 g/mol. The third kappa shape index (κ3) is 2.74. The van der Waals surface area contributed by atoms with Crippen LogP contribution in [0.15, 0.2) is 53.0 Å². The number of aromatic nitrogens is 2. The topological polar surface area (TPSA) is 57.8 Å². The third-order valence-electron chi connectivity index (χ3n) is 4.21. The molecule has 120 valence electrons. The van der Waals surface area contributed by atoms with Gasteiger partial charge in [0.15, 0.2) is 5.82 Å². The number of fused-ring (bicyclic) bond motifs is 1. The Bertz CT molecular complexity index is 903. The minimum Gasteiger partial charge on any atom is -0.309 e. The average molecular weight is 403 g/mol. The highest BCUT2D eigenvalue weighted by atomic mass is 79.9. The number of amides is 1. The molecule has 1 unspecified atom stereocenters. The molecule has 4 rings (SSSR count). The van der Waals surface area contributed by atoms with Crippen LogP contribution in [0.2, 0.25) is 5.02 Å². The molecule has 6 heteroatoms. The fraction of sp³-hybridized carbons (Fsp3) is 0.111. The summed E-state index contributed by atoms with van der Waals surface area (Å²) in [5.74, 6) is 0.542. The highest BCUT2D eigenvalue weighted by molar-refractivity contribution is 9.10. The van der Waals surface area contributed by atoms with Gasteiger partial charge in [0.2, 0.25) is 5.91 Å². The summed E-state index contributed by atoms with van der Waals surface area (Å²) in [6.07, 6.45) is 0.398. The van der Waals surface area contributed by atoms with Crippen molar-refractivity contribution in [3.05, 3.63) is 69.2 Å². The first-order valence-electron chi connectivity index (χ1n) is 7.51. The molecule has 0 spiro atoms. The van der Waals surface area contributed by atoms with Crippen LogP contribution in [-0.2, 0) is 4.79 Å². The molecule has 3 aromatic rings. The van der Waals surface area contributed by atoms with Crippen LogP contribution in [0.25, 0.3) is 11.3 Å².